The largest absolute Gasteiger partial charge is 0.340 e. The van der Waals surface area contributed by atoms with Crippen molar-refractivity contribution < 1.29 is 9.59 Å². The van der Waals surface area contributed by atoms with Gasteiger partial charge in [-0.25, -0.2) is 4.98 Å². The summed E-state index contributed by atoms with van der Waals surface area (Å²) in [4.78, 5) is 36.4. The van der Waals surface area contributed by atoms with E-state index in [0.717, 1.165) is 29.4 Å². The predicted octanol–water partition coefficient (Wildman–Crippen LogP) is 4.57. The van der Waals surface area contributed by atoms with Crippen LogP contribution in [0, 0.1) is 6.92 Å². The third-order valence-corrected chi connectivity index (χ3v) is 6.66. The van der Waals surface area contributed by atoms with E-state index >= 15 is 0 Å². The molecule has 0 unspecified atom stereocenters. The number of carbonyl (C=O) groups is 2. The summed E-state index contributed by atoms with van der Waals surface area (Å²) in [7, 11) is 1.93. The Kier molecular flexibility index (Phi) is 5.22. The average Bonchev–Trinajstić information content (AvgIpc) is 3.54. The zero-order valence-corrected chi connectivity index (χ0v) is 18.7. The molecule has 4 aromatic rings. The lowest BCUT2D eigenvalue weighted by molar-refractivity contribution is 0.0723. The second kappa shape index (κ2) is 8.20. The first kappa shape index (κ1) is 20.4. The van der Waals surface area contributed by atoms with Gasteiger partial charge in [0.25, 0.3) is 11.8 Å². The van der Waals surface area contributed by atoms with Crippen molar-refractivity contribution in [2.75, 3.05) is 11.9 Å². The number of hydrogen-bond donors (Lipinski definition) is 1. The number of aryl methyl sites for hydroxylation is 2. The van der Waals surface area contributed by atoms with Crippen LogP contribution in [0.15, 0.2) is 54.2 Å². The van der Waals surface area contributed by atoms with Crippen LogP contribution in [0.3, 0.4) is 0 Å². The van der Waals surface area contributed by atoms with Gasteiger partial charge in [0.1, 0.15) is 5.69 Å². The number of likely N-dealkylation sites (tertiary alicyclic amines) is 1. The molecular weight excluding hydrogens is 422 g/mol. The van der Waals surface area contributed by atoms with E-state index in [9.17, 15) is 9.59 Å². The SMILES string of the molecule is Cc1ccc2c(c1)cc(C(=O)N1CCC[C@@H]1c1ccc(C(=O)Nc3nccs3)cn1)n2C. The number of carbonyl (C=O) groups excluding carboxylic acids is 2. The minimum atomic E-state index is -0.246. The van der Waals surface area contributed by atoms with Crippen molar-refractivity contribution in [3.8, 4) is 0 Å². The first-order valence-electron chi connectivity index (χ1n) is 10.5. The molecule has 162 valence electrons. The summed E-state index contributed by atoms with van der Waals surface area (Å²) in [6.07, 6.45) is 4.99. The summed E-state index contributed by atoms with van der Waals surface area (Å²) in [5.74, 6) is -0.236. The lowest BCUT2D eigenvalue weighted by Gasteiger charge is -2.24. The Hall–Kier alpha value is -3.52. The van der Waals surface area contributed by atoms with Crippen LogP contribution in [0.1, 0.15) is 51.0 Å². The van der Waals surface area contributed by atoms with E-state index in [2.05, 4.69) is 40.4 Å². The fourth-order valence-electron chi connectivity index (χ4n) is 4.33. The lowest BCUT2D eigenvalue weighted by Crippen LogP contribution is -2.32. The van der Waals surface area contributed by atoms with E-state index in [4.69, 9.17) is 0 Å². The van der Waals surface area contributed by atoms with Crippen molar-refractivity contribution in [1.29, 1.82) is 0 Å². The Morgan fingerprint density at radius 1 is 1.16 bits per heavy atom. The average molecular weight is 446 g/mol. The molecule has 3 aromatic heterocycles. The van der Waals surface area contributed by atoms with Crippen LogP contribution < -0.4 is 5.32 Å². The molecular formula is C24H23N5O2S. The molecule has 1 aromatic carbocycles. The Balaban J connectivity index is 1.37. The molecule has 1 aliphatic rings. The van der Waals surface area contributed by atoms with Crippen LogP contribution in [-0.2, 0) is 7.05 Å². The van der Waals surface area contributed by atoms with Crippen LogP contribution >= 0.6 is 11.3 Å². The molecule has 5 rings (SSSR count). The molecule has 0 saturated carbocycles. The summed E-state index contributed by atoms with van der Waals surface area (Å²) in [5, 5.41) is 6.19. The number of benzene rings is 1. The zero-order valence-electron chi connectivity index (χ0n) is 17.9. The van der Waals surface area contributed by atoms with Crippen LogP contribution in [0.25, 0.3) is 10.9 Å². The van der Waals surface area contributed by atoms with Gasteiger partial charge in [0.15, 0.2) is 5.13 Å². The minimum Gasteiger partial charge on any atom is -0.340 e. The summed E-state index contributed by atoms with van der Waals surface area (Å²) in [6, 6.07) is 11.7. The maximum Gasteiger partial charge on any atom is 0.271 e. The highest BCUT2D eigenvalue weighted by Crippen LogP contribution is 2.33. The first-order valence-corrected chi connectivity index (χ1v) is 11.4. The number of hydrogen-bond acceptors (Lipinski definition) is 5. The molecule has 32 heavy (non-hydrogen) atoms. The van der Waals surface area contributed by atoms with E-state index in [1.807, 2.05) is 28.6 Å². The Labute approximate surface area is 189 Å². The Bertz CT molecular complexity index is 1290. The fourth-order valence-corrected chi connectivity index (χ4v) is 4.85. The minimum absolute atomic E-state index is 0.0104. The number of nitrogens with zero attached hydrogens (tertiary/aromatic N) is 4. The van der Waals surface area contributed by atoms with Crippen molar-refractivity contribution in [3.05, 3.63) is 76.7 Å². The highest BCUT2D eigenvalue weighted by molar-refractivity contribution is 7.13. The number of anilines is 1. The van der Waals surface area contributed by atoms with Gasteiger partial charge in [-0.15, -0.1) is 11.3 Å². The second-order valence-electron chi connectivity index (χ2n) is 8.07. The molecule has 1 N–H and O–H groups in total. The molecule has 7 nitrogen and oxygen atoms in total. The molecule has 0 bridgehead atoms. The van der Waals surface area contributed by atoms with Crippen LogP contribution in [0.2, 0.25) is 0 Å². The van der Waals surface area contributed by atoms with Gasteiger partial charge in [-0.1, -0.05) is 11.6 Å². The van der Waals surface area contributed by atoms with E-state index in [-0.39, 0.29) is 17.9 Å². The molecule has 1 atom stereocenters. The summed E-state index contributed by atoms with van der Waals surface area (Å²) in [6.45, 7) is 2.75. The molecule has 0 aliphatic carbocycles. The zero-order chi connectivity index (χ0) is 22.2. The Morgan fingerprint density at radius 2 is 2.03 bits per heavy atom. The molecule has 0 spiro atoms. The van der Waals surface area contributed by atoms with Crippen LogP contribution in [0.5, 0.6) is 0 Å². The normalized spacial score (nSPS) is 15.9. The quantitative estimate of drug-likeness (QED) is 0.499. The highest BCUT2D eigenvalue weighted by Gasteiger charge is 2.33. The van der Waals surface area contributed by atoms with Gasteiger partial charge >= 0.3 is 0 Å². The van der Waals surface area contributed by atoms with Gasteiger partial charge in [0, 0.05) is 42.3 Å². The molecule has 2 amide bonds. The number of aromatic nitrogens is 3. The van der Waals surface area contributed by atoms with Gasteiger partial charge in [-0.3, -0.25) is 19.9 Å². The molecule has 8 heteroatoms. The molecule has 1 aliphatic heterocycles. The molecule has 1 saturated heterocycles. The maximum absolute atomic E-state index is 13.5. The van der Waals surface area contributed by atoms with Crippen molar-refractivity contribution in [2.24, 2.45) is 7.05 Å². The predicted molar refractivity (Wildman–Crippen MR) is 125 cm³/mol. The first-order chi connectivity index (χ1) is 15.5. The number of fused-ring (bicyclic) bond motifs is 1. The third kappa shape index (κ3) is 3.67. The highest BCUT2D eigenvalue weighted by atomic mass is 32.1. The monoisotopic (exact) mass is 445 g/mol. The van der Waals surface area contributed by atoms with Crippen molar-refractivity contribution in [2.45, 2.75) is 25.8 Å². The van der Waals surface area contributed by atoms with Crippen molar-refractivity contribution in [1.82, 2.24) is 19.4 Å². The number of thiazole rings is 1. The molecule has 4 heterocycles. The standard InChI is InChI=1S/C24H23N5O2S/c1-15-5-8-19-17(12-15)13-21(28(19)2)23(31)29-10-3-4-20(29)18-7-6-16(14-26-18)22(30)27-24-25-9-11-32-24/h5-9,11-14,20H,3-4,10H2,1-2H3,(H,25,27,30)/t20-/m1/s1. The summed E-state index contributed by atoms with van der Waals surface area (Å²) < 4.78 is 1.96. The van der Waals surface area contributed by atoms with Gasteiger partial charge in [0.05, 0.1) is 17.3 Å². The number of rotatable bonds is 4. The van der Waals surface area contributed by atoms with E-state index in [0.29, 0.717) is 22.9 Å². The smallest absolute Gasteiger partial charge is 0.271 e. The second-order valence-corrected chi connectivity index (χ2v) is 8.97. The number of amides is 2. The maximum atomic E-state index is 13.5. The Morgan fingerprint density at radius 3 is 2.78 bits per heavy atom. The van der Waals surface area contributed by atoms with E-state index < -0.39 is 0 Å². The van der Waals surface area contributed by atoms with Gasteiger partial charge in [-0.2, -0.15) is 0 Å². The third-order valence-electron chi connectivity index (χ3n) is 5.97. The lowest BCUT2D eigenvalue weighted by atomic mass is 10.1. The topological polar surface area (TPSA) is 80.1 Å². The van der Waals surface area contributed by atoms with Crippen molar-refractivity contribution in [3.63, 3.8) is 0 Å². The van der Waals surface area contributed by atoms with Gasteiger partial charge in [0.2, 0.25) is 0 Å². The van der Waals surface area contributed by atoms with Gasteiger partial charge < -0.3 is 9.47 Å². The van der Waals surface area contributed by atoms with E-state index in [1.54, 1.807) is 23.8 Å². The summed E-state index contributed by atoms with van der Waals surface area (Å²) >= 11 is 1.36. The molecule has 1 fully saturated rings. The van der Waals surface area contributed by atoms with E-state index in [1.165, 1.54) is 16.9 Å². The van der Waals surface area contributed by atoms with Crippen LogP contribution in [0.4, 0.5) is 5.13 Å². The number of nitrogens with one attached hydrogen (secondary N) is 1. The van der Waals surface area contributed by atoms with Gasteiger partial charge in [-0.05, 0) is 50.1 Å². The number of pyridine rings is 1. The summed E-state index contributed by atoms with van der Waals surface area (Å²) in [5.41, 5.74) is 4.16. The van der Waals surface area contributed by atoms with Crippen LogP contribution in [-0.4, -0.2) is 37.8 Å². The fraction of sp³-hybridized carbons (Fsp3) is 0.250. The van der Waals surface area contributed by atoms with Crippen molar-refractivity contribution >= 4 is 39.2 Å². The molecule has 0 radical (unpaired) electrons.